The first-order chi connectivity index (χ1) is 6.22. The topological polar surface area (TPSA) is 20.3 Å². The minimum Gasteiger partial charge on any atom is -0.303 e. The molecule has 1 saturated heterocycles. The van der Waals surface area contributed by atoms with E-state index in [0.29, 0.717) is 5.78 Å². The summed E-state index contributed by atoms with van der Waals surface area (Å²) in [6, 6.07) is 0. The number of hydrogen-bond donors (Lipinski definition) is 0. The van der Waals surface area contributed by atoms with Gasteiger partial charge in [0.05, 0.1) is 0 Å². The summed E-state index contributed by atoms with van der Waals surface area (Å²) in [6.45, 7) is 7.33. The Labute approximate surface area is 110 Å². The van der Waals surface area contributed by atoms with Crippen LogP contribution < -0.4 is 29.6 Å². The van der Waals surface area contributed by atoms with Gasteiger partial charge in [0.25, 0.3) is 0 Å². The van der Waals surface area contributed by atoms with Gasteiger partial charge in [-0.05, 0) is 32.2 Å². The van der Waals surface area contributed by atoms with Crippen molar-refractivity contribution in [1.29, 1.82) is 0 Å². The van der Waals surface area contributed by atoms with Crippen LogP contribution in [-0.4, -0.2) is 30.3 Å². The van der Waals surface area contributed by atoms with Gasteiger partial charge in [0.2, 0.25) is 0 Å². The summed E-state index contributed by atoms with van der Waals surface area (Å²) < 4.78 is 0. The van der Waals surface area contributed by atoms with Gasteiger partial charge in [-0.3, -0.25) is 4.79 Å². The first kappa shape index (κ1) is 14.6. The Morgan fingerprint density at radius 3 is 2.79 bits per heavy atom. The predicted octanol–water partition coefficient (Wildman–Crippen LogP) is -0.908. The standard InChI is InChI=1S/C11H21NO.Na/c1-3-11-5-4-7-12(9-11)8-6-10(2)13;/h11H,3-9H2,1-2H3;/q;+1/t11-;/m1./s1. The van der Waals surface area contributed by atoms with Crippen molar-refractivity contribution in [2.75, 3.05) is 19.6 Å². The Balaban J connectivity index is 0.00000169. The third-order valence-corrected chi connectivity index (χ3v) is 2.96. The molecule has 0 amide bonds. The molecule has 1 aliphatic heterocycles. The van der Waals surface area contributed by atoms with Gasteiger partial charge in [-0.2, -0.15) is 0 Å². The average molecular weight is 206 g/mol. The van der Waals surface area contributed by atoms with Crippen molar-refractivity contribution < 1.29 is 34.4 Å². The van der Waals surface area contributed by atoms with E-state index in [9.17, 15) is 4.79 Å². The average Bonchev–Trinajstić information content (AvgIpc) is 2.15. The molecule has 0 aromatic carbocycles. The van der Waals surface area contributed by atoms with E-state index in [2.05, 4.69) is 11.8 Å². The van der Waals surface area contributed by atoms with Gasteiger partial charge in [-0.1, -0.05) is 13.3 Å². The maximum absolute atomic E-state index is 10.8. The molecule has 0 aliphatic carbocycles. The van der Waals surface area contributed by atoms with Crippen LogP contribution in [0.25, 0.3) is 0 Å². The van der Waals surface area contributed by atoms with Crippen molar-refractivity contribution in [2.45, 2.75) is 39.5 Å². The van der Waals surface area contributed by atoms with Crippen LogP contribution in [0.4, 0.5) is 0 Å². The van der Waals surface area contributed by atoms with Crippen molar-refractivity contribution >= 4 is 5.78 Å². The maximum atomic E-state index is 10.8. The normalized spacial score (nSPS) is 22.9. The number of rotatable bonds is 4. The molecule has 1 heterocycles. The zero-order chi connectivity index (χ0) is 9.68. The second-order valence-electron chi connectivity index (χ2n) is 4.17. The molecule has 0 aromatic rings. The van der Waals surface area contributed by atoms with E-state index in [4.69, 9.17) is 0 Å². The van der Waals surface area contributed by atoms with Gasteiger partial charge in [0.1, 0.15) is 5.78 Å². The van der Waals surface area contributed by atoms with Gasteiger partial charge in [0, 0.05) is 19.5 Å². The molecule has 1 atom stereocenters. The smallest absolute Gasteiger partial charge is 0.303 e. The van der Waals surface area contributed by atoms with Gasteiger partial charge >= 0.3 is 29.6 Å². The summed E-state index contributed by atoms with van der Waals surface area (Å²) in [5, 5.41) is 0. The molecule has 1 fully saturated rings. The number of Topliss-reactive ketones (excluding diaryl/α,β-unsaturated/α-hetero) is 1. The quantitative estimate of drug-likeness (QED) is 0.555. The second kappa shape index (κ2) is 7.86. The second-order valence-corrected chi connectivity index (χ2v) is 4.17. The maximum Gasteiger partial charge on any atom is 1.00 e. The molecule has 0 unspecified atom stereocenters. The van der Waals surface area contributed by atoms with Crippen molar-refractivity contribution in [3.8, 4) is 0 Å². The fourth-order valence-electron chi connectivity index (χ4n) is 2.00. The van der Waals surface area contributed by atoms with E-state index in [1.807, 2.05) is 0 Å². The van der Waals surface area contributed by atoms with Crippen LogP contribution >= 0.6 is 0 Å². The minimum atomic E-state index is 0. The fourth-order valence-corrected chi connectivity index (χ4v) is 2.00. The van der Waals surface area contributed by atoms with E-state index in [1.165, 1.54) is 32.4 Å². The van der Waals surface area contributed by atoms with E-state index in [1.54, 1.807) is 6.92 Å². The number of carbonyl (C=O) groups is 1. The molecule has 3 heteroatoms. The van der Waals surface area contributed by atoms with Gasteiger partial charge in [-0.15, -0.1) is 0 Å². The number of nitrogens with zero attached hydrogens (tertiary/aromatic N) is 1. The van der Waals surface area contributed by atoms with Crippen LogP contribution in [0.1, 0.15) is 39.5 Å². The van der Waals surface area contributed by atoms with Gasteiger partial charge in [-0.25, -0.2) is 0 Å². The molecular formula is C11H21NNaO+. The number of likely N-dealkylation sites (tertiary alicyclic amines) is 1. The summed E-state index contributed by atoms with van der Waals surface area (Å²) in [5.74, 6) is 1.19. The fraction of sp³-hybridized carbons (Fsp3) is 0.909. The molecule has 1 rings (SSSR count). The van der Waals surface area contributed by atoms with Crippen LogP contribution in [0.15, 0.2) is 0 Å². The summed E-state index contributed by atoms with van der Waals surface area (Å²) in [6.07, 6.45) is 4.72. The number of carbonyl (C=O) groups excluding carboxylic acids is 1. The summed E-state index contributed by atoms with van der Waals surface area (Å²) in [4.78, 5) is 13.3. The van der Waals surface area contributed by atoms with Crippen LogP contribution in [0.3, 0.4) is 0 Å². The van der Waals surface area contributed by atoms with Crippen LogP contribution in [0.5, 0.6) is 0 Å². The zero-order valence-corrected chi connectivity index (χ0v) is 11.9. The first-order valence-corrected chi connectivity index (χ1v) is 5.44. The molecule has 0 N–H and O–H groups in total. The monoisotopic (exact) mass is 206 g/mol. The molecule has 0 saturated carbocycles. The molecule has 2 nitrogen and oxygen atoms in total. The Hall–Kier alpha value is 0.630. The zero-order valence-electron chi connectivity index (χ0n) is 9.88. The third-order valence-electron chi connectivity index (χ3n) is 2.96. The summed E-state index contributed by atoms with van der Waals surface area (Å²) in [7, 11) is 0. The summed E-state index contributed by atoms with van der Waals surface area (Å²) in [5.41, 5.74) is 0. The van der Waals surface area contributed by atoms with E-state index < -0.39 is 0 Å². The van der Waals surface area contributed by atoms with Crippen molar-refractivity contribution in [3.05, 3.63) is 0 Å². The first-order valence-electron chi connectivity index (χ1n) is 5.44. The van der Waals surface area contributed by atoms with E-state index in [-0.39, 0.29) is 29.6 Å². The van der Waals surface area contributed by atoms with Gasteiger partial charge < -0.3 is 4.90 Å². The van der Waals surface area contributed by atoms with Crippen LogP contribution in [0.2, 0.25) is 0 Å². The number of ketones is 1. The van der Waals surface area contributed by atoms with Crippen LogP contribution in [0, 0.1) is 5.92 Å². The molecule has 1 aliphatic rings. The Bertz CT molecular complexity index is 173. The minimum absolute atomic E-state index is 0. The molecule has 76 valence electrons. The molecule has 0 bridgehead atoms. The Morgan fingerprint density at radius 2 is 2.21 bits per heavy atom. The molecule has 0 radical (unpaired) electrons. The third kappa shape index (κ3) is 5.50. The Morgan fingerprint density at radius 1 is 1.50 bits per heavy atom. The van der Waals surface area contributed by atoms with Crippen molar-refractivity contribution in [2.24, 2.45) is 5.92 Å². The van der Waals surface area contributed by atoms with Crippen molar-refractivity contribution in [3.63, 3.8) is 0 Å². The molecule has 0 aromatic heterocycles. The number of piperidine rings is 1. The molecular weight excluding hydrogens is 185 g/mol. The largest absolute Gasteiger partial charge is 1.00 e. The number of hydrogen-bond acceptors (Lipinski definition) is 2. The SMILES string of the molecule is CC[C@@H]1CCCN(CCC(C)=O)C1.[Na+]. The Kier molecular flexibility index (Phi) is 8.22. The molecule has 14 heavy (non-hydrogen) atoms. The van der Waals surface area contributed by atoms with E-state index in [0.717, 1.165) is 18.9 Å². The van der Waals surface area contributed by atoms with E-state index >= 15 is 0 Å². The predicted molar refractivity (Wildman–Crippen MR) is 54.8 cm³/mol. The van der Waals surface area contributed by atoms with Crippen molar-refractivity contribution in [1.82, 2.24) is 4.90 Å². The van der Waals surface area contributed by atoms with Gasteiger partial charge in [0.15, 0.2) is 0 Å². The molecule has 0 spiro atoms. The van der Waals surface area contributed by atoms with Crippen LogP contribution in [-0.2, 0) is 4.79 Å². The summed E-state index contributed by atoms with van der Waals surface area (Å²) >= 11 is 0.